The first-order valence-electron chi connectivity index (χ1n) is 24.7. The summed E-state index contributed by atoms with van der Waals surface area (Å²) in [6.07, 6.45) is -12.3. The zero-order valence-corrected chi connectivity index (χ0v) is 41.7. The van der Waals surface area contributed by atoms with E-state index in [9.17, 15) is 29.8 Å². The van der Waals surface area contributed by atoms with Crippen LogP contribution in [0.25, 0.3) is 10.4 Å². The fourth-order valence-corrected chi connectivity index (χ4v) is 8.55. The molecular formula is C56H62N4O15. The van der Waals surface area contributed by atoms with Gasteiger partial charge in [0.1, 0.15) is 49.8 Å². The van der Waals surface area contributed by atoms with Crippen molar-refractivity contribution in [2.75, 3.05) is 26.9 Å². The molecule has 0 radical (unpaired) electrons. The van der Waals surface area contributed by atoms with Crippen LogP contribution in [0.4, 0.5) is 4.79 Å². The molecule has 0 saturated carbocycles. The number of esters is 3. The zero-order valence-electron chi connectivity index (χ0n) is 41.7. The number of methoxy groups -OCH3 is 1. The Kier molecular flexibility index (Phi) is 21.5. The first-order valence-corrected chi connectivity index (χ1v) is 24.7. The van der Waals surface area contributed by atoms with Gasteiger partial charge in [0.25, 0.3) is 0 Å². The Labute approximate surface area is 435 Å². The second-order valence-electron chi connectivity index (χ2n) is 17.7. The molecule has 2 aliphatic rings. The number of benzene rings is 5. The lowest BCUT2D eigenvalue weighted by Gasteiger charge is -2.48. The van der Waals surface area contributed by atoms with Crippen molar-refractivity contribution < 1.29 is 71.7 Å². The minimum absolute atomic E-state index is 0.0483. The number of ether oxygens (including phenoxy) is 10. The predicted molar refractivity (Wildman–Crippen MR) is 269 cm³/mol. The number of hydrogen-bond donors (Lipinski definition) is 1. The van der Waals surface area contributed by atoms with Gasteiger partial charge < -0.3 is 57.4 Å². The van der Waals surface area contributed by atoms with Crippen LogP contribution in [0.3, 0.4) is 0 Å². The van der Waals surface area contributed by atoms with Gasteiger partial charge in [0.15, 0.2) is 24.8 Å². The Morgan fingerprint density at radius 1 is 0.640 bits per heavy atom. The quantitative estimate of drug-likeness (QED) is 0.0146. The monoisotopic (exact) mass is 1030 g/mol. The molecule has 0 aliphatic carbocycles. The maximum atomic E-state index is 13.9. The molecule has 7 rings (SSSR count). The number of amides is 1. The summed E-state index contributed by atoms with van der Waals surface area (Å²) in [6, 6.07) is 44.0. The topological polar surface area (TPSA) is 233 Å². The van der Waals surface area contributed by atoms with E-state index in [2.05, 4.69) is 10.0 Å². The molecule has 1 amide bonds. The van der Waals surface area contributed by atoms with Gasteiger partial charge in [-0.2, -0.15) is 0 Å². The average Bonchev–Trinajstić information content (AvgIpc) is 3.44. The Balaban J connectivity index is 1.13. The van der Waals surface area contributed by atoms with E-state index in [-0.39, 0.29) is 32.0 Å². The first kappa shape index (κ1) is 55.6. The number of aliphatic hydroxyl groups is 1. The van der Waals surface area contributed by atoms with Crippen LogP contribution in [-0.4, -0.2) is 122 Å². The summed E-state index contributed by atoms with van der Waals surface area (Å²) in [7, 11) is 1.11. The smallest absolute Gasteiger partial charge is 0.410 e. The van der Waals surface area contributed by atoms with Gasteiger partial charge in [-0.1, -0.05) is 145 Å². The summed E-state index contributed by atoms with van der Waals surface area (Å²) < 4.78 is 61.1. The number of azide groups is 1. The molecule has 19 nitrogen and oxygen atoms in total. The normalized spacial score (nSPS) is 23.2. The van der Waals surface area contributed by atoms with Crippen LogP contribution < -0.4 is 0 Å². The highest BCUT2D eigenvalue weighted by Crippen LogP contribution is 2.36. The molecule has 0 aromatic heterocycles. The summed E-state index contributed by atoms with van der Waals surface area (Å²) in [6.45, 7) is 1.58. The number of carbonyl (C=O) groups excluding carboxylic acids is 4. The summed E-state index contributed by atoms with van der Waals surface area (Å²) in [5.74, 6) is -2.49. The number of aliphatic hydroxyl groups excluding tert-OH is 1. The second kappa shape index (κ2) is 29.0. The molecule has 0 unspecified atom stereocenters. The number of hydrogen-bond acceptors (Lipinski definition) is 16. The summed E-state index contributed by atoms with van der Waals surface area (Å²) in [5.41, 5.74) is 13.5. The van der Waals surface area contributed by atoms with Crippen LogP contribution in [-0.2, 0) is 83.3 Å². The minimum Gasteiger partial charge on any atom is -0.467 e. The summed E-state index contributed by atoms with van der Waals surface area (Å²) in [4.78, 5) is 58.0. The van der Waals surface area contributed by atoms with Crippen molar-refractivity contribution in [3.8, 4) is 0 Å². The minimum atomic E-state index is -1.76. The Morgan fingerprint density at radius 2 is 1.20 bits per heavy atom. The highest BCUT2D eigenvalue weighted by Gasteiger charge is 2.56. The van der Waals surface area contributed by atoms with Gasteiger partial charge in [-0.25, -0.2) is 14.4 Å². The molecule has 0 spiro atoms. The van der Waals surface area contributed by atoms with Crippen LogP contribution in [0.15, 0.2) is 157 Å². The molecule has 75 heavy (non-hydrogen) atoms. The number of nitrogens with zero attached hydrogens (tertiary/aromatic N) is 4. The van der Waals surface area contributed by atoms with Gasteiger partial charge in [-0.15, -0.1) is 0 Å². The van der Waals surface area contributed by atoms with Crippen molar-refractivity contribution in [1.82, 2.24) is 4.90 Å². The number of carbonyl (C=O) groups is 4. The van der Waals surface area contributed by atoms with Crippen LogP contribution in [0.5, 0.6) is 0 Å². The largest absolute Gasteiger partial charge is 0.467 e. The molecule has 2 aliphatic heterocycles. The van der Waals surface area contributed by atoms with Crippen molar-refractivity contribution in [1.29, 1.82) is 0 Å². The highest BCUT2D eigenvalue weighted by atomic mass is 16.8. The molecular weight excluding hydrogens is 969 g/mol. The van der Waals surface area contributed by atoms with Crippen molar-refractivity contribution in [3.05, 3.63) is 190 Å². The molecule has 5 aromatic carbocycles. The van der Waals surface area contributed by atoms with Gasteiger partial charge in [0.05, 0.1) is 25.9 Å². The van der Waals surface area contributed by atoms with Crippen molar-refractivity contribution in [3.63, 3.8) is 0 Å². The standard InChI is InChI=1S/C56H62N4O15/c1-38(61)68-37-44-47(74-55-51(73-52(63)43-29-17-7-18-30-43)49(46(62)50(75-55)53(64)66-2)70-35-41-25-13-5-14-26-41)48(69-34-40-23-11-4-12-24-40)45(58-59-57)54(72-44)67-32-20-8-19-31-60(33-39-21-9-3-10-22-39)56(65)71-36-42-27-15-6-16-28-42/h3-7,9-18,21-30,44-51,54-55,62H,8,19-20,31-37H2,1-2H3/t44-,45-,46+,47-,48-,49+,50-,51-,54+,55-/m1/s1. The summed E-state index contributed by atoms with van der Waals surface area (Å²) >= 11 is 0. The van der Waals surface area contributed by atoms with Gasteiger partial charge in [-0.3, -0.25) is 4.79 Å². The van der Waals surface area contributed by atoms with E-state index in [1.165, 1.54) is 19.1 Å². The Hall–Kier alpha value is -7.19. The van der Waals surface area contributed by atoms with Crippen LogP contribution in [0.1, 0.15) is 58.8 Å². The molecule has 0 bridgehead atoms. The third-order valence-electron chi connectivity index (χ3n) is 12.4. The molecule has 1 N–H and O–H groups in total. The average molecular weight is 1030 g/mol. The Morgan fingerprint density at radius 3 is 1.77 bits per heavy atom. The lowest BCUT2D eigenvalue weighted by atomic mass is 9.95. The van der Waals surface area contributed by atoms with Crippen molar-refractivity contribution in [2.45, 2.75) is 114 Å². The highest BCUT2D eigenvalue weighted by molar-refractivity contribution is 5.89. The molecule has 396 valence electrons. The van der Waals surface area contributed by atoms with E-state index in [1.807, 2.05) is 97.1 Å². The SMILES string of the molecule is COC(=O)[C@@H]1O[C@@H](O[C@H]2[C@H](OCc3ccccc3)[C@@H](N=[N+]=[N-])[C@@H](OCCCCCN(Cc3ccccc3)C(=O)OCc3ccccc3)O[C@@H]2COC(C)=O)[C@H](OC(=O)c2ccccc2)[C@@H](OCc2ccccc2)[C@@H]1O. The first-order chi connectivity index (χ1) is 36.6. The maximum Gasteiger partial charge on any atom is 0.410 e. The van der Waals surface area contributed by atoms with E-state index >= 15 is 0 Å². The van der Waals surface area contributed by atoms with Crippen molar-refractivity contribution in [2.24, 2.45) is 5.11 Å². The fourth-order valence-electron chi connectivity index (χ4n) is 8.55. The van der Waals surface area contributed by atoms with Crippen molar-refractivity contribution >= 4 is 24.0 Å². The Bertz CT molecular complexity index is 2580. The van der Waals surface area contributed by atoms with E-state index in [0.29, 0.717) is 37.9 Å². The van der Waals surface area contributed by atoms with E-state index < -0.39 is 92.0 Å². The fraction of sp³-hybridized carbons (Fsp3) is 0.393. The van der Waals surface area contributed by atoms with Gasteiger partial charge in [0.2, 0.25) is 0 Å². The zero-order chi connectivity index (χ0) is 52.8. The third-order valence-corrected chi connectivity index (χ3v) is 12.4. The van der Waals surface area contributed by atoms with Crippen LogP contribution in [0.2, 0.25) is 0 Å². The predicted octanol–water partition coefficient (Wildman–Crippen LogP) is 8.02. The van der Waals surface area contributed by atoms with E-state index in [1.54, 1.807) is 47.4 Å². The molecule has 5 aromatic rings. The van der Waals surface area contributed by atoms with E-state index in [4.69, 9.17) is 47.4 Å². The lowest BCUT2D eigenvalue weighted by Crippen LogP contribution is -2.66. The molecule has 2 saturated heterocycles. The third kappa shape index (κ3) is 16.4. The van der Waals surface area contributed by atoms with Crippen LogP contribution in [0, 0.1) is 0 Å². The maximum absolute atomic E-state index is 13.9. The number of rotatable bonds is 25. The molecule has 2 fully saturated rings. The van der Waals surface area contributed by atoms with E-state index in [0.717, 1.165) is 23.8 Å². The lowest BCUT2D eigenvalue weighted by molar-refractivity contribution is -0.348. The van der Waals surface area contributed by atoms with Gasteiger partial charge in [-0.05, 0) is 59.2 Å². The molecule has 19 heteroatoms. The van der Waals surface area contributed by atoms with Gasteiger partial charge in [0, 0.05) is 31.5 Å². The van der Waals surface area contributed by atoms with Crippen LogP contribution >= 0.6 is 0 Å². The molecule has 2 heterocycles. The summed E-state index contributed by atoms with van der Waals surface area (Å²) in [5, 5.41) is 15.9. The molecule has 10 atom stereocenters. The second-order valence-corrected chi connectivity index (χ2v) is 17.7. The van der Waals surface area contributed by atoms with Gasteiger partial charge >= 0.3 is 24.0 Å². The number of unbranched alkanes of at least 4 members (excludes halogenated alkanes) is 2.